The number of halogens is 4. The number of rotatable bonds is 4. The first kappa shape index (κ1) is 20.1. The fourth-order valence-electron chi connectivity index (χ4n) is 2.51. The second kappa shape index (κ2) is 8.31. The van der Waals surface area contributed by atoms with Gasteiger partial charge in [-0.05, 0) is 30.3 Å². The third-order valence-electron chi connectivity index (χ3n) is 3.86. The van der Waals surface area contributed by atoms with Gasteiger partial charge in [-0.3, -0.25) is 4.79 Å². The van der Waals surface area contributed by atoms with Crippen molar-refractivity contribution in [3.8, 4) is 17.1 Å². The highest BCUT2D eigenvalue weighted by molar-refractivity contribution is 6.35. The van der Waals surface area contributed by atoms with Crippen LogP contribution in [0.2, 0.25) is 15.1 Å². The second-order valence-electron chi connectivity index (χ2n) is 5.85. The van der Waals surface area contributed by atoms with Gasteiger partial charge in [-0.25, -0.2) is 9.37 Å². The molecule has 12 heteroatoms. The normalized spacial score (nSPS) is 10.8. The van der Waals surface area contributed by atoms with Crippen molar-refractivity contribution in [2.45, 2.75) is 0 Å². The molecule has 0 unspecified atom stereocenters. The number of nitrogens with one attached hydrogen (secondary N) is 1. The smallest absolute Gasteiger partial charge is 0.277 e. The molecule has 3 aromatic heterocycles. The molecule has 1 amide bonds. The van der Waals surface area contributed by atoms with E-state index >= 15 is 0 Å². The van der Waals surface area contributed by atoms with E-state index in [1.165, 1.54) is 47.7 Å². The van der Waals surface area contributed by atoms with Crippen molar-refractivity contribution in [1.29, 1.82) is 0 Å². The number of hydrogen-bond donors (Lipinski definition) is 1. The third kappa shape index (κ3) is 4.09. The average Bonchev–Trinajstić information content (AvgIpc) is 3.22. The Labute approximate surface area is 183 Å². The van der Waals surface area contributed by atoms with Gasteiger partial charge in [0, 0.05) is 5.56 Å². The molecule has 0 saturated heterocycles. The van der Waals surface area contributed by atoms with E-state index in [-0.39, 0.29) is 20.8 Å². The van der Waals surface area contributed by atoms with E-state index in [9.17, 15) is 9.18 Å². The Bertz CT molecular complexity index is 1250. The minimum absolute atomic E-state index is 0.0364. The van der Waals surface area contributed by atoms with Crippen LogP contribution >= 0.6 is 34.8 Å². The number of pyridine rings is 1. The second-order valence-corrected chi connectivity index (χ2v) is 7.07. The summed E-state index contributed by atoms with van der Waals surface area (Å²) in [6.45, 7) is 0. The molecule has 0 aliphatic heterocycles. The van der Waals surface area contributed by atoms with E-state index in [1.807, 2.05) is 0 Å². The topological polar surface area (TPSA) is 98.5 Å². The van der Waals surface area contributed by atoms with Crippen molar-refractivity contribution in [3.05, 3.63) is 75.5 Å². The number of benzene rings is 1. The molecule has 4 aromatic rings. The molecule has 0 atom stereocenters. The number of carbonyl (C=O) groups is 1. The molecule has 3 heterocycles. The molecule has 0 radical (unpaired) electrons. The van der Waals surface area contributed by atoms with Gasteiger partial charge in [0.15, 0.2) is 11.5 Å². The minimum Gasteiger partial charge on any atom is -0.319 e. The van der Waals surface area contributed by atoms with Crippen molar-refractivity contribution in [1.82, 2.24) is 30.2 Å². The Morgan fingerprint density at radius 3 is 2.40 bits per heavy atom. The summed E-state index contributed by atoms with van der Waals surface area (Å²) in [6.07, 6.45) is 4.35. The summed E-state index contributed by atoms with van der Waals surface area (Å²) >= 11 is 18.4. The van der Waals surface area contributed by atoms with Gasteiger partial charge in [-0.2, -0.15) is 10.2 Å². The summed E-state index contributed by atoms with van der Waals surface area (Å²) < 4.78 is 13.2. The monoisotopic (exact) mass is 463 g/mol. The molecule has 0 bridgehead atoms. The number of nitrogens with zero attached hydrogens (tertiary/aromatic N) is 6. The fraction of sp³-hybridized carbons (Fsp3) is 0. The maximum Gasteiger partial charge on any atom is 0.277 e. The van der Waals surface area contributed by atoms with Crippen LogP contribution < -0.4 is 5.32 Å². The van der Waals surface area contributed by atoms with E-state index in [0.29, 0.717) is 22.8 Å². The zero-order chi connectivity index (χ0) is 21.3. The zero-order valence-corrected chi connectivity index (χ0v) is 17.0. The molecule has 0 spiro atoms. The van der Waals surface area contributed by atoms with Gasteiger partial charge in [-0.1, -0.05) is 34.8 Å². The third-order valence-corrected chi connectivity index (χ3v) is 4.74. The summed E-state index contributed by atoms with van der Waals surface area (Å²) in [5, 5.41) is 18.7. The van der Waals surface area contributed by atoms with Crippen LogP contribution in [-0.4, -0.2) is 36.1 Å². The van der Waals surface area contributed by atoms with E-state index < -0.39 is 11.7 Å². The highest BCUT2D eigenvalue weighted by Gasteiger charge is 2.17. The molecule has 1 aromatic carbocycles. The van der Waals surface area contributed by atoms with Gasteiger partial charge in [0.1, 0.15) is 5.82 Å². The molecule has 150 valence electrons. The maximum atomic E-state index is 13.2. The Kier molecular flexibility index (Phi) is 5.58. The quantitative estimate of drug-likeness (QED) is 0.478. The first-order valence-corrected chi connectivity index (χ1v) is 9.38. The highest BCUT2D eigenvalue weighted by Crippen LogP contribution is 2.29. The Morgan fingerprint density at radius 1 is 0.967 bits per heavy atom. The molecule has 1 N–H and O–H groups in total. The highest BCUT2D eigenvalue weighted by atomic mass is 35.5. The van der Waals surface area contributed by atoms with Crippen LogP contribution in [0.5, 0.6) is 0 Å². The lowest BCUT2D eigenvalue weighted by molar-refractivity contribution is 0.102. The van der Waals surface area contributed by atoms with E-state index in [2.05, 4.69) is 30.7 Å². The predicted molar refractivity (Wildman–Crippen MR) is 110 cm³/mol. The SMILES string of the molecule is O=C(Nc1cnc(-n2nccn2)c(Cl)c1)c1nnc(-c2ccc(F)cc2Cl)cc1Cl. The zero-order valence-electron chi connectivity index (χ0n) is 14.7. The standard InChI is InChI=1S/C18H9Cl3FN7O/c19-12-5-9(22)1-2-11(12)15-7-13(20)16(28-27-15)18(30)26-10-6-14(21)17(23-8-10)29-24-3-4-25-29/h1-8H,(H,26,30). The number of amides is 1. The Hall–Kier alpha value is -3.14. The van der Waals surface area contributed by atoms with Crippen LogP contribution in [0.3, 0.4) is 0 Å². The van der Waals surface area contributed by atoms with Crippen molar-refractivity contribution in [2.24, 2.45) is 0 Å². The summed E-state index contributed by atoms with van der Waals surface area (Å²) in [5.41, 5.74) is 0.914. The van der Waals surface area contributed by atoms with Crippen LogP contribution in [0.15, 0.2) is 48.9 Å². The molecular weight excluding hydrogens is 456 g/mol. The maximum absolute atomic E-state index is 13.2. The van der Waals surface area contributed by atoms with Crippen LogP contribution in [0, 0.1) is 5.82 Å². The predicted octanol–water partition coefficient (Wildman–Crippen LogP) is 4.47. The van der Waals surface area contributed by atoms with Crippen molar-refractivity contribution in [3.63, 3.8) is 0 Å². The minimum atomic E-state index is -0.618. The molecule has 0 saturated carbocycles. The lowest BCUT2D eigenvalue weighted by Gasteiger charge is -2.09. The molecule has 30 heavy (non-hydrogen) atoms. The molecule has 4 rings (SSSR count). The summed E-state index contributed by atoms with van der Waals surface area (Å²) in [5.74, 6) is -0.800. The first-order chi connectivity index (χ1) is 14.4. The van der Waals surface area contributed by atoms with Crippen molar-refractivity contribution in [2.75, 3.05) is 5.32 Å². The Balaban J connectivity index is 1.56. The molecule has 0 fully saturated rings. The van der Waals surface area contributed by atoms with Crippen LogP contribution in [-0.2, 0) is 0 Å². The molecule has 8 nitrogen and oxygen atoms in total. The lowest BCUT2D eigenvalue weighted by atomic mass is 10.1. The number of carbonyl (C=O) groups excluding carboxylic acids is 1. The van der Waals surface area contributed by atoms with E-state index in [1.54, 1.807) is 0 Å². The van der Waals surface area contributed by atoms with Gasteiger partial charge in [0.25, 0.3) is 5.91 Å². The van der Waals surface area contributed by atoms with Crippen LogP contribution in [0.1, 0.15) is 10.5 Å². The van der Waals surface area contributed by atoms with Gasteiger partial charge in [0.05, 0.1) is 45.0 Å². The van der Waals surface area contributed by atoms with Gasteiger partial charge in [0.2, 0.25) is 0 Å². The lowest BCUT2D eigenvalue weighted by Crippen LogP contribution is -2.16. The van der Waals surface area contributed by atoms with Gasteiger partial charge >= 0.3 is 0 Å². The van der Waals surface area contributed by atoms with Crippen LogP contribution in [0.4, 0.5) is 10.1 Å². The van der Waals surface area contributed by atoms with Crippen molar-refractivity contribution < 1.29 is 9.18 Å². The van der Waals surface area contributed by atoms with Crippen molar-refractivity contribution >= 4 is 46.4 Å². The van der Waals surface area contributed by atoms with Crippen LogP contribution in [0.25, 0.3) is 17.1 Å². The summed E-state index contributed by atoms with van der Waals surface area (Å²) in [6, 6.07) is 6.73. The largest absolute Gasteiger partial charge is 0.319 e. The summed E-state index contributed by atoms with van der Waals surface area (Å²) in [4.78, 5) is 17.9. The van der Waals surface area contributed by atoms with Gasteiger partial charge in [-0.15, -0.1) is 15.0 Å². The summed E-state index contributed by atoms with van der Waals surface area (Å²) in [7, 11) is 0. The fourth-order valence-corrected chi connectivity index (χ4v) is 3.25. The average molecular weight is 465 g/mol. The van der Waals surface area contributed by atoms with E-state index in [4.69, 9.17) is 34.8 Å². The molecular formula is C18H9Cl3FN7O. The Morgan fingerprint density at radius 2 is 1.73 bits per heavy atom. The number of anilines is 1. The van der Waals surface area contributed by atoms with Gasteiger partial charge < -0.3 is 5.32 Å². The first-order valence-electron chi connectivity index (χ1n) is 8.24. The molecule has 0 aliphatic rings. The number of hydrogen-bond acceptors (Lipinski definition) is 6. The van der Waals surface area contributed by atoms with E-state index in [0.717, 1.165) is 6.07 Å². The molecule has 0 aliphatic carbocycles. The number of aromatic nitrogens is 6.